The predicted molar refractivity (Wildman–Crippen MR) is 75.0 cm³/mol. The first-order chi connectivity index (χ1) is 10.9. The maximum Gasteiger partial charge on any atom is 0.283 e. The highest BCUT2D eigenvalue weighted by Gasteiger charge is 2.41. The number of hydrogen-bond donors (Lipinski definition) is 0. The molecule has 8 nitrogen and oxygen atoms in total. The van der Waals surface area contributed by atoms with Crippen molar-refractivity contribution in [2.75, 3.05) is 4.90 Å². The number of amides is 2. The van der Waals surface area contributed by atoms with Gasteiger partial charge in [0.2, 0.25) is 0 Å². The monoisotopic (exact) mass is 311 g/mol. The van der Waals surface area contributed by atoms with Crippen LogP contribution in [-0.4, -0.2) is 22.7 Å². The lowest BCUT2D eigenvalue weighted by atomic mass is 10.1. The van der Waals surface area contributed by atoms with Gasteiger partial charge in [-0.25, -0.2) is 4.90 Å². The number of aromatic carboxylic acids is 1. The molecule has 0 N–H and O–H groups in total. The molecule has 2 aromatic carbocycles. The number of carboxylic acid groups (broad SMARTS) is 1. The van der Waals surface area contributed by atoms with Crippen LogP contribution in [-0.2, 0) is 0 Å². The van der Waals surface area contributed by atoms with Crippen molar-refractivity contribution in [3.63, 3.8) is 0 Å². The molecule has 1 aliphatic heterocycles. The van der Waals surface area contributed by atoms with Crippen LogP contribution >= 0.6 is 0 Å². The quantitative estimate of drug-likeness (QED) is 0.468. The lowest BCUT2D eigenvalue weighted by Gasteiger charge is -2.14. The van der Waals surface area contributed by atoms with E-state index in [2.05, 4.69) is 0 Å². The van der Waals surface area contributed by atoms with E-state index in [0.717, 1.165) is 11.0 Å². The third-order valence-electron chi connectivity index (χ3n) is 3.45. The Morgan fingerprint density at radius 1 is 1.00 bits per heavy atom. The maximum absolute atomic E-state index is 12.4. The first kappa shape index (κ1) is 14.4. The van der Waals surface area contributed by atoms with E-state index in [1.807, 2.05) is 0 Å². The van der Waals surface area contributed by atoms with E-state index >= 15 is 0 Å². The molecule has 0 aliphatic carbocycles. The van der Waals surface area contributed by atoms with Gasteiger partial charge in [-0.05, 0) is 23.8 Å². The van der Waals surface area contributed by atoms with Gasteiger partial charge in [0, 0.05) is 6.07 Å². The highest BCUT2D eigenvalue weighted by molar-refractivity contribution is 6.35. The summed E-state index contributed by atoms with van der Waals surface area (Å²) >= 11 is 0. The number of anilines is 1. The van der Waals surface area contributed by atoms with Crippen LogP contribution in [0.15, 0.2) is 42.5 Å². The Bertz CT molecular complexity index is 872. The lowest BCUT2D eigenvalue weighted by molar-refractivity contribution is -0.385. The van der Waals surface area contributed by atoms with Crippen molar-refractivity contribution < 1.29 is 24.4 Å². The SMILES string of the molecule is O=C([O-])c1ccc(N2C(=O)c3cccc([N+](=O)[O-])c3C2=O)cc1. The Morgan fingerprint density at radius 2 is 1.65 bits per heavy atom. The van der Waals surface area contributed by atoms with E-state index in [1.54, 1.807) is 0 Å². The van der Waals surface area contributed by atoms with Crippen LogP contribution in [0.4, 0.5) is 11.4 Å². The Labute approximate surface area is 128 Å². The number of nitro groups is 1. The molecule has 0 fully saturated rings. The van der Waals surface area contributed by atoms with Crippen molar-refractivity contribution in [2.24, 2.45) is 0 Å². The van der Waals surface area contributed by atoms with Crippen molar-refractivity contribution >= 4 is 29.2 Å². The summed E-state index contributed by atoms with van der Waals surface area (Å²) in [4.78, 5) is 46.6. The van der Waals surface area contributed by atoms with E-state index < -0.39 is 28.4 Å². The number of benzene rings is 2. The molecule has 2 aromatic rings. The number of nitrogens with zero attached hydrogens (tertiary/aromatic N) is 2. The Balaban J connectivity index is 2.08. The van der Waals surface area contributed by atoms with E-state index in [9.17, 15) is 29.6 Å². The standard InChI is InChI=1S/C15H8N2O6/c18-13-10-2-1-3-11(17(22)23)12(10)14(19)16(13)9-6-4-8(5-7-9)15(20)21/h1-7H,(H,20,21)/p-1. The van der Waals surface area contributed by atoms with Gasteiger partial charge in [-0.3, -0.25) is 19.7 Å². The van der Waals surface area contributed by atoms with Gasteiger partial charge in [-0.15, -0.1) is 0 Å². The van der Waals surface area contributed by atoms with Crippen molar-refractivity contribution in [1.29, 1.82) is 0 Å². The molecule has 1 aliphatic rings. The van der Waals surface area contributed by atoms with Gasteiger partial charge in [-0.1, -0.05) is 18.2 Å². The van der Waals surface area contributed by atoms with Gasteiger partial charge >= 0.3 is 0 Å². The second-order valence-corrected chi connectivity index (χ2v) is 4.74. The first-order valence-corrected chi connectivity index (χ1v) is 6.39. The average Bonchev–Trinajstić information content (AvgIpc) is 2.79. The van der Waals surface area contributed by atoms with E-state index in [4.69, 9.17) is 0 Å². The van der Waals surface area contributed by atoms with Crippen molar-refractivity contribution in [2.45, 2.75) is 0 Å². The lowest BCUT2D eigenvalue weighted by Crippen LogP contribution is -2.29. The molecule has 0 radical (unpaired) electrons. The molecule has 0 atom stereocenters. The first-order valence-electron chi connectivity index (χ1n) is 6.39. The van der Waals surface area contributed by atoms with Crippen molar-refractivity contribution in [3.05, 3.63) is 69.3 Å². The summed E-state index contributed by atoms with van der Waals surface area (Å²) in [6.45, 7) is 0. The second kappa shape index (κ2) is 5.02. The fraction of sp³-hybridized carbons (Fsp3) is 0. The average molecular weight is 311 g/mol. The highest BCUT2D eigenvalue weighted by atomic mass is 16.6. The molecule has 3 rings (SSSR count). The minimum Gasteiger partial charge on any atom is -0.545 e. The van der Waals surface area contributed by atoms with Crippen LogP contribution in [0.3, 0.4) is 0 Å². The summed E-state index contributed by atoms with van der Waals surface area (Å²) in [5, 5.41) is 21.8. The van der Waals surface area contributed by atoms with E-state index in [0.29, 0.717) is 0 Å². The molecular formula is C15H7N2O6-. The van der Waals surface area contributed by atoms with E-state index in [-0.39, 0.29) is 22.4 Å². The molecule has 0 aromatic heterocycles. The fourth-order valence-corrected chi connectivity index (χ4v) is 2.40. The smallest absolute Gasteiger partial charge is 0.283 e. The van der Waals surface area contributed by atoms with Gasteiger partial charge < -0.3 is 9.90 Å². The number of rotatable bonds is 3. The molecule has 0 spiro atoms. The summed E-state index contributed by atoms with van der Waals surface area (Å²) < 4.78 is 0. The van der Waals surface area contributed by atoms with Crippen molar-refractivity contribution in [1.82, 2.24) is 0 Å². The zero-order chi connectivity index (χ0) is 16.7. The largest absolute Gasteiger partial charge is 0.545 e. The molecule has 114 valence electrons. The van der Waals surface area contributed by atoms with Gasteiger partial charge in [0.05, 0.1) is 22.1 Å². The number of hydrogen-bond acceptors (Lipinski definition) is 6. The fourth-order valence-electron chi connectivity index (χ4n) is 2.40. The van der Waals surface area contributed by atoms with Crippen molar-refractivity contribution in [3.8, 4) is 0 Å². The highest BCUT2D eigenvalue weighted by Crippen LogP contribution is 2.33. The van der Waals surface area contributed by atoms with Crippen LogP contribution < -0.4 is 10.0 Å². The van der Waals surface area contributed by atoms with Crippen LogP contribution in [0.1, 0.15) is 31.1 Å². The third kappa shape index (κ3) is 2.13. The minimum atomic E-state index is -1.39. The number of imide groups is 1. The number of fused-ring (bicyclic) bond motifs is 1. The van der Waals surface area contributed by atoms with Crippen LogP contribution in [0.25, 0.3) is 0 Å². The zero-order valence-corrected chi connectivity index (χ0v) is 11.4. The van der Waals surface area contributed by atoms with Gasteiger partial charge in [0.1, 0.15) is 5.56 Å². The van der Waals surface area contributed by atoms with Crippen LogP contribution in [0, 0.1) is 10.1 Å². The van der Waals surface area contributed by atoms with Gasteiger partial charge in [0.25, 0.3) is 17.5 Å². The molecule has 8 heteroatoms. The Kier molecular flexibility index (Phi) is 3.14. The normalized spacial score (nSPS) is 13.1. The number of carbonyl (C=O) groups excluding carboxylic acids is 3. The van der Waals surface area contributed by atoms with Crippen LogP contribution in [0.5, 0.6) is 0 Å². The molecule has 0 saturated carbocycles. The van der Waals surface area contributed by atoms with E-state index in [1.165, 1.54) is 36.4 Å². The zero-order valence-electron chi connectivity index (χ0n) is 11.4. The topological polar surface area (TPSA) is 121 Å². The predicted octanol–water partition coefficient (Wildman–Crippen LogP) is 0.759. The number of nitro benzene ring substituents is 1. The molecular weight excluding hydrogens is 304 g/mol. The summed E-state index contributed by atoms with van der Waals surface area (Å²) in [6, 6.07) is 8.69. The summed E-state index contributed by atoms with van der Waals surface area (Å²) in [5.74, 6) is -2.91. The molecule has 0 bridgehead atoms. The Morgan fingerprint density at radius 3 is 2.22 bits per heavy atom. The second-order valence-electron chi connectivity index (χ2n) is 4.74. The molecule has 1 heterocycles. The maximum atomic E-state index is 12.4. The molecule has 0 unspecified atom stereocenters. The molecule has 2 amide bonds. The summed E-state index contributed by atoms with van der Waals surface area (Å²) in [7, 11) is 0. The molecule has 0 saturated heterocycles. The Hall–Kier alpha value is -3.55. The number of carboxylic acids is 1. The van der Waals surface area contributed by atoms with Gasteiger partial charge in [0.15, 0.2) is 0 Å². The van der Waals surface area contributed by atoms with Gasteiger partial charge in [-0.2, -0.15) is 0 Å². The summed E-state index contributed by atoms with van der Waals surface area (Å²) in [6.07, 6.45) is 0. The minimum absolute atomic E-state index is 0.0619. The number of carbonyl (C=O) groups is 3. The molecule has 23 heavy (non-hydrogen) atoms. The third-order valence-corrected chi connectivity index (χ3v) is 3.45. The summed E-state index contributed by atoms with van der Waals surface area (Å²) in [5.41, 5.74) is -0.777. The van der Waals surface area contributed by atoms with Crippen LogP contribution in [0.2, 0.25) is 0 Å².